The van der Waals surface area contributed by atoms with E-state index in [9.17, 15) is 0 Å². The highest BCUT2D eigenvalue weighted by Gasteiger charge is 2.16. The molecular weight excluding hydrogens is 426 g/mol. The zero-order valence-corrected chi connectivity index (χ0v) is 16.9. The van der Waals surface area contributed by atoms with E-state index in [1.807, 2.05) is 11.7 Å². The van der Waals surface area contributed by atoms with Gasteiger partial charge in [-0.1, -0.05) is 18.2 Å². The molecular formula is C16H17Br2N3S. The first-order chi connectivity index (χ1) is 10.6. The molecule has 2 aromatic heterocycles. The van der Waals surface area contributed by atoms with E-state index in [1.54, 1.807) is 11.3 Å². The molecule has 0 bridgehead atoms. The van der Waals surface area contributed by atoms with Gasteiger partial charge in [-0.2, -0.15) is 5.10 Å². The third kappa shape index (κ3) is 3.34. The number of thiophene rings is 1. The predicted octanol–water partition coefficient (Wildman–Crippen LogP) is 5.83. The highest BCUT2D eigenvalue weighted by atomic mass is 80.9. The second-order valence-electron chi connectivity index (χ2n) is 5.08. The zero-order chi connectivity index (χ0) is 16.3. The summed E-state index contributed by atoms with van der Waals surface area (Å²) in [7, 11) is 1.96. The lowest BCUT2D eigenvalue weighted by molar-refractivity contribution is 0.778. The van der Waals surface area contributed by atoms with Crippen LogP contribution in [0.15, 0.2) is 29.6 Å². The van der Waals surface area contributed by atoms with Crippen molar-refractivity contribution in [2.45, 2.75) is 20.8 Å². The highest BCUT2D eigenvalue weighted by molar-refractivity contribution is 9.93. The summed E-state index contributed by atoms with van der Waals surface area (Å²) >= 11 is 7.21. The summed E-state index contributed by atoms with van der Waals surface area (Å²) < 4.78 is 1.88. The fourth-order valence-corrected chi connectivity index (χ4v) is 3.40. The Balaban J connectivity index is 0.000000847. The quantitative estimate of drug-likeness (QED) is 0.499. The zero-order valence-electron chi connectivity index (χ0n) is 12.9. The van der Waals surface area contributed by atoms with Crippen LogP contribution in [0, 0.1) is 20.8 Å². The molecule has 3 nitrogen and oxygen atoms in total. The smallest absolute Gasteiger partial charge is 0.182 e. The lowest BCUT2D eigenvalue weighted by Gasteiger charge is -2.04. The number of rotatable bonds is 2. The molecule has 0 aliphatic heterocycles. The molecule has 3 aromatic rings. The monoisotopic (exact) mass is 441 g/mol. The van der Waals surface area contributed by atoms with Crippen molar-refractivity contribution in [3.8, 4) is 22.1 Å². The molecule has 0 atom stereocenters. The van der Waals surface area contributed by atoms with Crippen molar-refractivity contribution in [2.75, 3.05) is 0 Å². The number of hydrogen-bond acceptors (Lipinski definition) is 3. The van der Waals surface area contributed by atoms with Crippen LogP contribution >= 0.6 is 39.6 Å². The first-order valence-electron chi connectivity index (χ1n) is 6.74. The minimum absolute atomic E-state index is 0.811. The fourth-order valence-electron chi connectivity index (χ4n) is 2.46. The second kappa shape index (κ2) is 7.53. The van der Waals surface area contributed by atoms with Crippen molar-refractivity contribution in [1.29, 1.82) is 0 Å². The van der Waals surface area contributed by atoms with Crippen molar-refractivity contribution >= 4 is 39.6 Å². The molecule has 0 radical (unpaired) electrons. The second-order valence-corrected chi connectivity index (χ2v) is 6.00. The van der Waals surface area contributed by atoms with Crippen LogP contribution in [0.25, 0.3) is 22.1 Å². The lowest BCUT2D eigenvalue weighted by atomic mass is 10.0. The molecule has 6 heteroatoms. The number of hydrogen-bond donors (Lipinski definition) is 0. The molecule has 3 rings (SSSR count). The van der Waals surface area contributed by atoms with Crippen LogP contribution in [0.4, 0.5) is 0 Å². The Bertz CT molecular complexity index is 757. The van der Waals surface area contributed by atoms with E-state index in [0.29, 0.717) is 0 Å². The Hall–Kier alpha value is -0.980. The first kappa shape index (κ1) is 17.4. The van der Waals surface area contributed by atoms with Crippen LogP contribution < -0.4 is 0 Å². The number of halogens is 2. The largest absolute Gasteiger partial charge is 0.248 e. The van der Waals surface area contributed by atoms with E-state index >= 15 is 0 Å². The Kier molecular flexibility index (Phi) is 5.94. The molecule has 0 N–H and O–H groups in total. The van der Waals surface area contributed by atoms with Gasteiger partial charge in [0.15, 0.2) is 11.6 Å². The van der Waals surface area contributed by atoms with Gasteiger partial charge >= 0.3 is 0 Å². The molecule has 0 unspecified atom stereocenters. The summed E-state index contributed by atoms with van der Waals surface area (Å²) in [5.74, 6) is 1.75. The molecule has 1 aromatic carbocycles. The van der Waals surface area contributed by atoms with Crippen LogP contribution in [0.5, 0.6) is 0 Å². The summed E-state index contributed by atoms with van der Waals surface area (Å²) in [6, 6.07) is 8.40. The van der Waals surface area contributed by atoms with Gasteiger partial charge in [-0.05, 0) is 48.9 Å². The van der Waals surface area contributed by atoms with Crippen molar-refractivity contribution in [3.63, 3.8) is 0 Å². The third-order valence-corrected chi connectivity index (χ3v) is 4.55. The van der Waals surface area contributed by atoms with Crippen molar-refractivity contribution in [2.24, 2.45) is 7.05 Å². The number of aromatic nitrogens is 3. The van der Waals surface area contributed by atoms with E-state index in [4.69, 9.17) is 4.98 Å². The molecule has 0 spiro atoms. The Labute approximate surface area is 150 Å². The Morgan fingerprint density at radius 1 is 1.00 bits per heavy atom. The maximum atomic E-state index is 4.77. The molecule has 0 saturated carbocycles. The molecule has 22 heavy (non-hydrogen) atoms. The average Bonchev–Trinajstić information content (AvgIpc) is 3.07. The topological polar surface area (TPSA) is 30.7 Å². The van der Waals surface area contributed by atoms with Gasteiger partial charge in [0.25, 0.3) is 0 Å². The third-order valence-electron chi connectivity index (χ3n) is 3.53. The lowest BCUT2D eigenvalue weighted by Crippen LogP contribution is -1.94. The van der Waals surface area contributed by atoms with Gasteiger partial charge in [0.1, 0.15) is 0 Å². The van der Waals surface area contributed by atoms with E-state index < -0.39 is 0 Å². The molecule has 0 fully saturated rings. The van der Waals surface area contributed by atoms with Crippen LogP contribution in [-0.4, -0.2) is 14.8 Å². The SMILES string of the molecule is BrBr.Cc1ccsc1-c1nc(-c2c(C)cccc2C)nn1C. The summed E-state index contributed by atoms with van der Waals surface area (Å²) in [5.41, 5.74) is 4.82. The minimum atomic E-state index is 0.811. The van der Waals surface area contributed by atoms with Crippen LogP contribution in [0.2, 0.25) is 0 Å². The summed E-state index contributed by atoms with van der Waals surface area (Å²) in [5, 5.41) is 6.71. The van der Waals surface area contributed by atoms with Crippen molar-refractivity contribution < 1.29 is 0 Å². The van der Waals surface area contributed by atoms with Gasteiger partial charge in [0.05, 0.1) is 4.88 Å². The van der Waals surface area contributed by atoms with Gasteiger partial charge < -0.3 is 0 Å². The summed E-state index contributed by atoms with van der Waals surface area (Å²) in [6.45, 7) is 6.32. The number of aryl methyl sites for hydroxylation is 4. The normalized spacial score (nSPS) is 10.3. The van der Waals surface area contributed by atoms with Crippen molar-refractivity contribution in [3.05, 3.63) is 46.3 Å². The standard InChI is InChI=1S/C16H17N3S.Br2/c1-10-6-5-7-11(2)13(10)15-17-16(19(4)18-15)14-12(3)8-9-20-14;1-2/h5-9H,1-4H3;. The van der Waals surface area contributed by atoms with Crippen LogP contribution in [0.1, 0.15) is 16.7 Å². The van der Waals surface area contributed by atoms with E-state index in [2.05, 4.69) is 83.8 Å². The van der Waals surface area contributed by atoms with E-state index in [0.717, 1.165) is 17.2 Å². The van der Waals surface area contributed by atoms with Gasteiger partial charge in [0.2, 0.25) is 0 Å². The maximum absolute atomic E-state index is 4.77. The van der Waals surface area contributed by atoms with Crippen LogP contribution in [0.3, 0.4) is 0 Å². The average molecular weight is 443 g/mol. The molecule has 116 valence electrons. The van der Waals surface area contributed by atoms with Crippen LogP contribution in [-0.2, 0) is 7.05 Å². The molecule has 0 saturated heterocycles. The fraction of sp³-hybridized carbons (Fsp3) is 0.250. The summed E-state index contributed by atoms with van der Waals surface area (Å²) in [4.78, 5) is 5.96. The maximum Gasteiger partial charge on any atom is 0.182 e. The summed E-state index contributed by atoms with van der Waals surface area (Å²) in [6.07, 6.45) is 0. The Morgan fingerprint density at radius 3 is 2.18 bits per heavy atom. The predicted molar refractivity (Wildman–Crippen MR) is 102 cm³/mol. The first-order valence-corrected chi connectivity index (χ1v) is 11.3. The minimum Gasteiger partial charge on any atom is -0.248 e. The van der Waals surface area contributed by atoms with E-state index in [1.165, 1.54) is 21.6 Å². The van der Waals surface area contributed by atoms with Gasteiger partial charge in [0, 0.05) is 40.9 Å². The molecule has 0 aliphatic carbocycles. The highest BCUT2D eigenvalue weighted by Crippen LogP contribution is 2.30. The van der Waals surface area contributed by atoms with Gasteiger partial charge in [-0.3, -0.25) is 0 Å². The molecule has 0 aliphatic rings. The van der Waals surface area contributed by atoms with Crippen molar-refractivity contribution in [1.82, 2.24) is 14.8 Å². The Morgan fingerprint density at radius 2 is 1.64 bits per heavy atom. The van der Waals surface area contributed by atoms with Gasteiger partial charge in [-0.15, -0.1) is 11.3 Å². The molecule has 2 heterocycles. The molecule has 0 amide bonds. The number of nitrogens with zero attached hydrogens (tertiary/aromatic N) is 3. The number of benzene rings is 1. The van der Waals surface area contributed by atoms with Gasteiger partial charge in [-0.25, -0.2) is 9.67 Å². The van der Waals surface area contributed by atoms with E-state index in [-0.39, 0.29) is 0 Å².